The van der Waals surface area contributed by atoms with Gasteiger partial charge in [0.2, 0.25) is 0 Å². The van der Waals surface area contributed by atoms with Gasteiger partial charge in [-0.2, -0.15) is 0 Å². The Morgan fingerprint density at radius 1 is 1.36 bits per heavy atom. The van der Waals surface area contributed by atoms with Crippen molar-refractivity contribution in [1.82, 2.24) is 20.2 Å². The predicted octanol–water partition coefficient (Wildman–Crippen LogP) is 2.25. The molecule has 2 atom stereocenters. The second-order valence-corrected chi connectivity index (χ2v) is 6.82. The number of hydrogen-bond donors (Lipinski definition) is 3. The molecule has 2 aromatic rings. The first-order valence-electron chi connectivity index (χ1n) is 8.72. The zero-order valence-corrected chi connectivity index (χ0v) is 14.4. The molecule has 1 aromatic heterocycles. The number of urea groups is 1. The lowest BCUT2D eigenvalue weighted by molar-refractivity contribution is -0.143. The highest BCUT2D eigenvalue weighted by molar-refractivity contribution is 5.76. The third-order valence-corrected chi connectivity index (χ3v) is 4.60. The number of nitrogens with zero attached hydrogens (tertiary/aromatic N) is 2. The lowest BCUT2D eigenvalue weighted by Crippen LogP contribution is -2.49. The lowest BCUT2D eigenvalue weighted by atomic mass is 9.91. The smallest absolute Gasteiger partial charge is 0.317 e. The molecule has 2 amide bonds. The number of carboxylic acid groups (broad SMARTS) is 1. The van der Waals surface area contributed by atoms with Crippen LogP contribution in [0.4, 0.5) is 4.79 Å². The minimum Gasteiger partial charge on any atom is -0.481 e. The number of benzene rings is 1. The van der Waals surface area contributed by atoms with E-state index in [1.165, 1.54) is 0 Å². The number of carbonyl (C=O) groups is 2. The van der Waals surface area contributed by atoms with Gasteiger partial charge < -0.3 is 20.3 Å². The molecular formula is C18H24N4O3. The van der Waals surface area contributed by atoms with E-state index in [1.807, 2.05) is 31.2 Å². The van der Waals surface area contributed by atoms with Crippen LogP contribution in [0.2, 0.25) is 0 Å². The standard InChI is InChI=1S/C18H24N4O3/c1-12-9-13(17(23)24)11-22(10-12)18(25)19-8-4-7-16-20-14-5-2-3-6-15(14)21-16/h2-3,5-6,12-13H,4,7-11H2,1H3,(H,19,25)(H,20,21)(H,23,24). The highest BCUT2D eigenvalue weighted by Crippen LogP contribution is 2.21. The van der Waals surface area contributed by atoms with Crippen LogP contribution < -0.4 is 5.32 Å². The Kier molecular flexibility index (Phi) is 5.21. The van der Waals surface area contributed by atoms with Crippen LogP contribution >= 0.6 is 0 Å². The van der Waals surface area contributed by atoms with E-state index >= 15 is 0 Å². The van der Waals surface area contributed by atoms with Crippen molar-refractivity contribution in [2.75, 3.05) is 19.6 Å². The molecule has 1 aliphatic rings. The largest absolute Gasteiger partial charge is 0.481 e. The number of aryl methyl sites for hydroxylation is 1. The van der Waals surface area contributed by atoms with E-state index in [2.05, 4.69) is 15.3 Å². The van der Waals surface area contributed by atoms with Crippen molar-refractivity contribution in [3.8, 4) is 0 Å². The molecule has 2 heterocycles. The third-order valence-electron chi connectivity index (χ3n) is 4.60. The van der Waals surface area contributed by atoms with Crippen LogP contribution in [0, 0.1) is 11.8 Å². The number of piperidine rings is 1. The molecule has 0 radical (unpaired) electrons. The number of imidazole rings is 1. The van der Waals surface area contributed by atoms with E-state index in [9.17, 15) is 14.7 Å². The maximum Gasteiger partial charge on any atom is 0.317 e. The van der Waals surface area contributed by atoms with Crippen LogP contribution in [0.25, 0.3) is 11.0 Å². The average molecular weight is 344 g/mol. The minimum absolute atomic E-state index is 0.178. The van der Waals surface area contributed by atoms with E-state index < -0.39 is 11.9 Å². The summed E-state index contributed by atoms with van der Waals surface area (Å²) in [6.07, 6.45) is 2.16. The maximum absolute atomic E-state index is 12.3. The van der Waals surface area contributed by atoms with Crippen LogP contribution in [-0.2, 0) is 11.2 Å². The molecule has 0 aliphatic carbocycles. The van der Waals surface area contributed by atoms with Crippen molar-refractivity contribution in [3.63, 3.8) is 0 Å². The van der Waals surface area contributed by atoms with Gasteiger partial charge in [-0.15, -0.1) is 0 Å². The number of rotatable bonds is 5. The second-order valence-electron chi connectivity index (χ2n) is 6.82. The Hall–Kier alpha value is -2.57. The minimum atomic E-state index is -0.825. The fraction of sp³-hybridized carbons (Fsp3) is 0.500. The first-order valence-corrected chi connectivity index (χ1v) is 8.72. The number of carboxylic acids is 1. The Balaban J connectivity index is 1.45. The summed E-state index contributed by atoms with van der Waals surface area (Å²) in [7, 11) is 0. The molecule has 0 bridgehead atoms. The van der Waals surface area contributed by atoms with Gasteiger partial charge in [-0.05, 0) is 30.9 Å². The number of amides is 2. The second kappa shape index (κ2) is 7.55. The summed E-state index contributed by atoms with van der Waals surface area (Å²) < 4.78 is 0. The third kappa shape index (κ3) is 4.29. The molecule has 1 aliphatic heterocycles. The molecule has 2 unspecified atom stereocenters. The van der Waals surface area contributed by atoms with Gasteiger partial charge >= 0.3 is 12.0 Å². The Labute approximate surface area is 146 Å². The highest BCUT2D eigenvalue weighted by Gasteiger charge is 2.31. The first-order chi connectivity index (χ1) is 12.0. The van der Waals surface area contributed by atoms with Gasteiger partial charge in [-0.3, -0.25) is 4.79 Å². The summed E-state index contributed by atoms with van der Waals surface area (Å²) in [6, 6.07) is 7.70. The summed E-state index contributed by atoms with van der Waals surface area (Å²) in [6.45, 7) is 3.42. The number of nitrogens with one attached hydrogen (secondary N) is 2. The van der Waals surface area contributed by atoms with Crippen LogP contribution in [0.3, 0.4) is 0 Å². The number of aromatic amines is 1. The van der Waals surface area contributed by atoms with Gasteiger partial charge in [0.1, 0.15) is 5.82 Å². The van der Waals surface area contributed by atoms with Crippen LogP contribution in [-0.4, -0.2) is 51.6 Å². The van der Waals surface area contributed by atoms with E-state index in [0.29, 0.717) is 19.5 Å². The van der Waals surface area contributed by atoms with Gasteiger partial charge in [0.05, 0.1) is 17.0 Å². The summed E-state index contributed by atoms with van der Waals surface area (Å²) in [5.41, 5.74) is 1.96. The van der Waals surface area contributed by atoms with Crippen molar-refractivity contribution in [3.05, 3.63) is 30.1 Å². The number of hydrogen-bond acceptors (Lipinski definition) is 3. The number of aliphatic carboxylic acids is 1. The molecule has 25 heavy (non-hydrogen) atoms. The predicted molar refractivity (Wildman–Crippen MR) is 94.3 cm³/mol. The number of likely N-dealkylation sites (tertiary alicyclic amines) is 1. The zero-order valence-electron chi connectivity index (χ0n) is 14.4. The van der Waals surface area contributed by atoms with E-state index in [0.717, 1.165) is 29.7 Å². The summed E-state index contributed by atoms with van der Waals surface area (Å²) in [5, 5.41) is 12.1. The van der Waals surface area contributed by atoms with Crippen molar-refractivity contribution in [1.29, 1.82) is 0 Å². The molecular weight excluding hydrogens is 320 g/mol. The normalized spacial score (nSPS) is 20.6. The van der Waals surface area contributed by atoms with Gasteiger partial charge in [-0.25, -0.2) is 9.78 Å². The quantitative estimate of drug-likeness (QED) is 0.725. The fourth-order valence-corrected chi connectivity index (χ4v) is 3.38. The maximum atomic E-state index is 12.3. The molecule has 1 saturated heterocycles. The monoisotopic (exact) mass is 344 g/mol. The number of para-hydroxylation sites is 2. The molecule has 0 saturated carbocycles. The van der Waals surface area contributed by atoms with Crippen molar-refractivity contribution >= 4 is 23.0 Å². The molecule has 7 heteroatoms. The van der Waals surface area contributed by atoms with Gasteiger partial charge in [0.15, 0.2) is 0 Å². The Morgan fingerprint density at radius 3 is 2.92 bits per heavy atom. The molecule has 134 valence electrons. The van der Waals surface area contributed by atoms with E-state index in [1.54, 1.807) is 4.90 Å². The van der Waals surface area contributed by atoms with Gasteiger partial charge in [0.25, 0.3) is 0 Å². The zero-order chi connectivity index (χ0) is 17.8. The summed E-state index contributed by atoms with van der Waals surface area (Å²) >= 11 is 0. The SMILES string of the molecule is CC1CC(C(=O)O)CN(C(=O)NCCCc2nc3ccccc3[nH]2)C1. The number of carbonyl (C=O) groups excluding carboxylic acids is 1. The van der Waals surface area contributed by atoms with Gasteiger partial charge in [-0.1, -0.05) is 19.1 Å². The fourth-order valence-electron chi connectivity index (χ4n) is 3.38. The van der Waals surface area contributed by atoms with E-state index in [-0.39, 0.29) is 18.5 Å². The molecule has 1 aromatic carbocycles. The van der Waals surface area contributed by atoms with Crippen molar-refractivity contribution < 1.29 is 14.7 Å². The summed E-state index contributed by atoms with van der Waals surface area (Å²) in [5.74, 6) is -0.177. The molecule has 7 nitrogen and oxygen atoms in total. The summed E-state index contributed by atoms with van der Waals surface area (Å²) in [4.78, 5) is 32.9. The van der Waals surface area contributed by atoms with Crippen LogP contribution in [0.5, 0.6) is 0 Å². The average Bonchev–Trinajstić information content (AvgIpc) is 3.00. The molecule has 1 fully saturated rings. The lowest BCUT2D eigenvalue weighted by Gasteiger charge is -2.34. The Morgan fingerprint density at radius 2 is 2.16 bits per heavy atom. The number of aromatic nitrogens is 2. The molecule has 3 rings (SSSR count). The number of fused-ring (bicyclic) bond motifs is 1. The number of H-pyrrole nitrogens is 1. The van der Waals surface area contributed by atoms with Crippen molar-refractivity contribution in [2.24, 2.45) is 11.8 Å². The highest BCUT2D eigenvalue weighted by atomic mass is 16.4. The molecule has 3 N–H and O–H groups in total. The van der Waals surface area contributed by atoms with E-state index in [4.69, 9.17) is 0 Å². The van der Waals surface area contributed by atoms with Crippen LogP contribution in [0.15, 0.2) is 24.3 Å². The first kappa shape index (κ1) is 17.3. The van der Waals surface area contributed by atoms with Crippen LogP contribution in [0.1, 0.15) is 25.6 Å². The molecule has 0 spiro atoms. The topological polar surface area (TPSA) is 98.3 Å². The van der Waals surface area contributed by atoms with Crippen molar-refractivity contribution in [2.45, 2.75) is 26.2 Å². The Bertz CT molecular complexity index is 725. The van der Waals surface area contributed by atoms with Gasteiger partial charge in [0, 0.05) is 26.1 Å².